The summed E-state index contributed by atoms with van der Waals surface area (Å²) in [4.78, 5) is 88.4. The van der Waals surface area contributed by atoms with Crippen LogP contribution in [0.3, 0.4) is 0 Å². The Morgan fingerprint density at radius 1 is 0.405 bits per heavy atom. The number of ether oxygens (including phenoxy) is 2. The molecule has 0 aliphatic rings. The van der Waals surface area contributed by atoms with E-state index in [0.717, 1.165) is 0 Å². The lowest BCUT2D eigenvalue weighted by Gasteiger charge is -2.29. The molecule has 30 heteroatoms. The number of aromatic nitrogens is 4. The first kappa shape index (κ1) is 33.8. The van der Waals surface area contributed by atoms with Gasteiger partial charge >= 0.3 is 12.0 Å². The summed E-state index contributed by atoms with van der Waals surface area (Å²) in [5, 5.41) is 69.2. The van der Waals surface area contributed by atoms with Crippen LogP contribution in [0.15, 0.2) is 0 Å². The molecule has 1 aromatic rings. The van der Waals surface area contributed by atoms with Crippen LogP contribution in [-0.4, -0.2) is 104 Å². The topological polar surface area (TPSA) is 384 Å². The summed E-state index contributed by atoms with van der Waals surface area (Å²) in [7, 11) is 0. The molecule has 0 aliphatic carbocycles. The van der Waals surface area contributed by atoms with E-state index in [2.05, 4.69) is 49.4 Å². The Morgan fingerprint density at radius 2 is 0.595 bits per heavy atom. The second-order valence-corrected chi connectivity index (χ2v) is 7.52. The normalized spacial score (nSPS) is 10.9. The van der Waals surface area contributed by atoms with E-state index < -0.39 is 106 Å². The molecule has 0 amide bonds. The fourth-order valence-corrected chi connectivity index (χ4v) is 2.40. The second kappa shape index (κ2) is 16.0. The van der Waals surface area contributed by atoms with E-state index in [4.69, 9.17) is 9.47 Å². The smallest absolute Gasteiger partial charge is 0.355 e. The highest BCUT2D eigenvalue weighted by Gasteiger charge is 2.38. The maximum Gasteiger partial charge on any atom is 0.355 e. The van der Waals surface area contributed by atoms with E-state index in [0.29, 0.717) is 0 Å². The minimum absolute atomic E-state index is 0.758. The molecule has 0 radical (unpaired) electrons. The first-order chi connectivity index (χ1) is 19.7. The molecule has 0 bridgehead atoms. The molecule has 0 N–H and O–H groups in total. The predicted octanol–water partition coefficient (Wildman–Crippen LogP) is -2.75. The summed E-state index contributed by atoms with van der Waals surface area (Å²) in [6.45, 7) is -8.26. The SMILES string of the molecule is O=[N+]([O-])OCC(COc1nnc(OCC(CO[N+](=O)[O-])(CO[N+](=O)[O-])CO[N+](=O)[O-])nn1)(CO[N+](=O)[O-])CO[N+](=O)[O-]. The lowest BCUT2D eigenvalue weighted by Crippen LogP contribution is -2.44. The molecule has 0 unspecified atom stereocenters. The van der Waals surface area contributed by atoms with E-state index in [-0.39, 0.29) is 0 Å². The van der Waals surface area contributed by atoms with Gasteiger partial charge in [0, 0.05) is 0 Å². The van der Waals surface area contributed by atoms with Crippen molar-refractivity contribution in [2.45, 2.75) is 0 Å². The third-order valence-corrected chi connectivity index (χ3v) is 4.31. The van der Waals surface area contributed by atoms with Gasteiger partial charge in [0.25, 0.3) is 30.5 Å². The third kappa shape index (κ3) is 13.5. The van der Waals surface area contributed by atoms with Crippen LogP contribution in [-0.2, 0) is 29.0 Å². The van der Waals surface area contributed by atoms with Gasteiger partial charge in [-0.25, -0.2) is 0 Å². The largest absolute Gasteiger partial charge is 0.460 e. The van der Waals surface area contributed by atoms with Crippen LogP contribution in [0.1, 0.15) is 0 Å². The minimum atomic E-state index is -2.07. The molecule has 0 spiro atoms. The molecule has 1 aromatic heterocycles. The van der Waals surface area contributed by atoms with Gasteiger partial charge < -0.3 is 38.5 Å². The number of nitrogens with zero attached hydrogens (tertiary/aromatic N) is 10. The first-order valence-corrected chi connectivity index (χ1v) is 10.1. The van der Waals surface area contributed by atoms with Gasteiger partial charge in [-0.3, -0.25) is 0 Å². The summed E-state index contributed by atoms with van der Waals surface area (Å²) in [5.74, 6) is 0. The highest BCUT2D eigenvalue weighted by molar-refractivity contribution is 4.93. The van der Waals surface area contributed by atoms with Gasteiger partial charge in [0.2, 0.25) is 0 Å². The zero-order valence-electron chi connectivity index (χ0n) is 20.3. The Morgan fingerprint density at radius 3 is 0.762 bits per heavy atom. The predicted molar refractivity (Wildman–Crippen MR) is 111 cm³/mol. The van der Waals surface area contributed by atoms with Crippen molar-refractivity contribution in [3.63, 3.8) is 0 Å². The minimum Gasteiger partial charge on any atom is -0.460 e. The maximum atomic E-state index is 10.6. The second-order valence-electron chi connectivity index (χ2n) is 7.52. The van der Waals surface area contributed by atoms with Crippen LogP contribution in [0.4, 0.5) is 0 Å². The van der Waals surface area contributed by atoms with Gasteiger partial charge in [-0.05, 0) is 0 Å². The fourth-order valence-electron chi connectivity index (χ4n) is 2.40. The molecule has 0 saturated carbocycles. The van der Waals surface area contributed by atoms with Crippen molar-refractivity contribution < 1.29 is 69.0 Å². The average Bonchev–Trinajstić information content (AvgIpc) is 2.91. The average molecular weight is 620 g/mol. The Hall–Kier alpha value is -6.26. The molecule has 0 aliphatic heterocycles. The molecule has 0 aromatic carbocycles. The summed E-state index contributed by atoms with van der Waals surface area (Å²) < 4.78 is 10.1. The van der Waals surface area contributed by atoms with Crippen LogP contribution in [0, 0.1) is 71.5 Å². The Balaban J connectivity index is 3.06. The van der Waals surface area contributed by atoms with E-state index in [1.54, 1.807) is 0 Å². The van der Waals surface area contributed by atoms with Crippen LogP contribution in [0.5, 0.6) is 12.0 Å². The zero-order valence-corrected chi connectivity index (χ0v) is 20.3. The standard InChI is InChI=1S/C12H16N10O20/c23-17(24)37-3-11(4-38-18(25)26,5-39-19(27)28)1-35-9-13-15-10(16-14-9)36-2-12(6-40-20(29)30,7-41-21(31)32)8-42-22(33)34/h1-8H2. The summed E-state index contributed by atoms with van der Waals surface area (Å²) in [6.07, 6.45) is 0. The van der Waals surface area contributed by atoms with Crippen LogP contribution in [0.2, 0.25) is 0 Å². The highest BCUT2D eigenvalue weighted by Crippen LogP contribution is 2.23. The van der Waals surface area contributed by atoms with Crippen molar-refractivity contribution in [3.05, 3.63) is 60.7 Å². The molecule has 30 nitrogen and oxygen atoms in total. The van der Waals surface area contributed by atoms with Crippen LogP contribution >= 0.6 is 0 Å². The van der Waals surface area contributed by atoms with Crippen molar-refractivity contribution in [1.29, 1.82) is 0 Å². The van der Waals surface area contributed by atoms with E-state index >= 15 is 0 Å². The van der Waals surface area contributed by atoms with Crippen LogP contribution in [0.25, 0.3) is 0 Å². The molecule has 1 rings (SSSR count). The van der Waals surface area contributed by atoms with Crippen molar-refractivity contribution in [1.82, 2.24) is 20.4 Å². The summed E-state index contributed by atoms with van der Waals surface area (Å²) in [5.41, 5.74) is -4.15. The number of hydrogen-bond donors (Lipinski definition) is 0. The quantitative estimate of drug-likeness (QED) is 0.0834. The Bertz CT molecular complexity index is 928. The molecule has 1 heterocycles. The van der Waals surface area contributed by atoms with Crippen molar-refractivity contribution in [2.75, 3.05) is 52.9 Å². The van der Waals surface area contributed by atoms with Gasteiger partial charge in [0.05, 0.1) is 10.8 Å². The van der Waals surface area contributed by atoms with Crippen molar-refractivity contribution in [3.8, 4) is 12.0 Å². The molecule has 0 atom stereocenters. The monoisotopic (exact) mass is 620 g/mol. The van der Waals surface area contributed by atoms with Crippen LogP contribution < -0.4 is 9.47 Å². The van der Waals surface area contributed by atoms with Gasteiger partial charge in [0.1, 0.15) is 52.9 Å². The maximum absolute atomic E-state index is 10.6. The molecule has 0 saturated heterocycles. The number of hydrogen-bond acceptors (Lipinski definition) is 24. The third-order valence-electron chi connectivity index (χ3n) is 4.31. The molecule has 0 fully saturated rings. The Kier molecular flexibility index (Phi) is 12.9. The molecule has 234 valence electrons. The van der Waals surface area contributed by atoms with E-state index in [1.165, 1.54) is 0 Å². The van der Waals surface area contributed by atoms with E-state index in [1.807, 2.05) is 0 Å². The van der Waals surface area contributed by atoms with Crippen molar-refractivity contribution in [2.24, 2.45) is 10.8 Å². The molecular formula is C12H16N10O20. The molecule has 42 heavy (non-hydrogen) atoms. The lowest BCUT2D eigenvalue weighted by molar-refractivity contribution is -0.782. The summed E-state index contributed by atoms with van der Waals surface area (Å²) >= 11 is 0. The van der Waals surface area contributed by atoms with Gasteiger partial charge in [-0.15, -0.1) is 60.7 Å². The van der Waals surface area contributed by atoms with Gasteiger partial charge in [-0.2, -0.15) is 0 Å². The van der Waals surface area contributed by atoms with E-state index in [9.17, 15) is 60.7 Å². The first-order valence-electron chi connectivity index (χ1n) is 10.1. The Labute approximate surface area is 226 Å². The molecular weight excluding hydrogens is 604 g/mol. The zero-order chi connectivity index (χ0) is 31.8. The lowest BCUT2D eigenvalue weighted by atomic mass is 9.92. The fraction of sp³-hybridized carbons (Fsp3) is 0.833. The van der Waals surface area contributed by atoms with Gasteiger partial charge in [-0.1, -0.05) is 20.4 Å². The summed E-state index contributed by atoms with van der Waals surface area (Å²) in [6, 6.07) is -1.52. The van der Waals surface area contributed by atoms with Crippen molar-refractivity contribution >= 4 is 0 Å². The van der Waals surface area contributed by atoms with Gasteiger partial charge in [0.15, 0.2) is 0 Å². The number of rotatable bonds is 24. The highest BCUT2D eigenvalue weighted by atomic mass is 17.0.